The van der Waals surface area contributed by atoms with Gasteiger partial charge in [-0.3, -0.25) is 4.72 Å². The number of anilines is 1. The van der Waals surface area contributed by atoms with E-state index in [9.17, 15) is 8.42 Å². The summed E-state index contributed by atoms with van der Waals surface area (Å²) in [5.41, 5.74) is 0.409. The molecule has 5 nitrogen and oxygen atoms in total. The molecule has 0 fully saturated rings. The van der Waals surface area contributed by atoms with Crippen molar-refractivity contribution in [3.8, 4) is 11.5 Å². The molecule has 0 aliphatic heterocycles. The Balaban J connectivity index is 2.27. The van der Waals surface area contributed by atoms with Crippen LogP contribution in [0.2, 0.25) is 0 Å². The van der Waals surface area contributed by atoms with E-state index >= 15 is 0 Å². The van der Waals surface area contributed by atoms with Gasteiger partial charge in [0.25, 0.3) is 10.0 Å². The van der Waals surface area contributed by atoms with Crippen LogP contribution in [0.15, 0.2) is 52.3 Å². The third-order valence-electron chi connectivity index (χ3n) is 3.01. The lowest BCUT2D eigenvalue weighted by molar-refractivity contribution is 0.355. The second-order valence-electron chi connectivity index (χ2n) is 4.35. The Kier molecular flexibility index (Phi) is 5.20. The Morgan fingerprint density at radius 3 is 2.14 bits per heavy atom. The van der Waals surface area contributed by atoms with Crippen LogP contribution in [-0.2, 0) is 10.0 Å². The highest BCUT2D eigenvalue weighted by atomic mass is 32.2. The lowest BCUT2D eigenvalue weighted by atomic mass is 10.3. The van der Waals surface area contributed by atoms with Crippen LogP contribution in [0.25, 0.3) is 0 Å². The van der Waals surface area contributed by atoms with Crippen molar-refractivity contribution in [2.75, 3.05) is 25.2 Å². The molecule has 0 heterocycles. The van der Waals surface area contributed by atoms with Crippen LogP contribution in [0.1, 0.15) is 0 Å². The molecule has 0 atom stereocenters. The summed E-state index contributed by atoms with van der Waals surface area (Å²) in [6.45, 7) is 0. The number of sulfonamides is 1. The Labute approximate surface area is 134 Å². The van der Waals surface area contributed by atoms with Crippen LogP contribution in [0, 0.1) is 0 Å². The normalized spacial score (nSPS) is 11.0. The molecule has 2 aromatic rings. The predicted molar refractivity (Wildman–Crippen MR) is 88.6 cm³/mol. The summed E-state index contributed by atoms with van der Waals surface area (Å²) in [5.74, 6) is 0.996. The SMILES string of the molecule is COc1ccc(NS(=O)(=O)c2ccc(SC)cc2)cc1OC. The summed E-state index contributed by atoms with van der Waals surface area (Å²) >= 11 is 1.56. The van der Waals surface area contributed by atoms with Crippen LogP contribution in [0.4, 0.5) is 5.69 Å². The molecule has 0 saturated heterocycles. The van der Waals surface area contributed by atoms with Crippen molar-refractivity contribution in [1.29, 1.82) is 0 Å². The van der Waals surface area contributed by atoms with Gasteiger partial charge in [0.1, 0.15) is 0 Å². The first-order valence-corrected chi connectivity index (χ1v) is 9.10. The van der Waals surface area contributed by atoms with Crippen molar-refractivity contribution >= 4 is 27.5 Å². The highest BCUT2D eigenvalue weighted by Crippen LogP contribution is 2.30. The second-order valence-corrected chi connectivity index (χ2v) is 6.91. The number of ether oxygens (including phenoxy) is 2. The fraction of sp³-hybridized carbons (Fsp3) is 0.200. The highest BCUT2D eigenvalue weighted by Gasteiger charge is 2.15. The van der Waals surface area contributed by atoms with E-state index in [0.717, 1.165) is 4.90 Å². The van der Waals surface area contributed by atoms with Crippen LogP contribution in [0.5, 0.6) is 11.5 Å². The first kappa shape index (κ1) is 16.5. The van der Waals surface area contributed by atoms with Gasteiger partial charge in [-0.2, -0.15) is 0 Å². The second kappa shape index (κ2) is 6.93. The van der Waals surface area contributed by atoms with Crippen molar-refractivity contribution in [1.82, 2.24) is 0 Å². The lowest BCUT2D eigenvalue weighted by Crippen LogP contribution is -2.13. The van der Waals surface area contributed by atoms with Crippen LogP contribution in [-0.4, -0.2) is 28.9 Å². The third kappa shape index (κ3) is 3.66. The number of nitrogens with one attached hydrogen (secondary N) is 1. The predicted octanol–water partition coefficient (Wildman–Crippen LogP) is 3.23. The summed E-state index contributed by atoms with van der Waals surface area (Å²) in [6.07, 6.45) is 1.94. The molecule has 0 spiro atoms. The number of benzene rings is 2. The van der Waals surface area contributed by atoms with E-state index in [1.807, 2.05) is 6.26 Å². The first-order chi connectivity index (χ1) is 10.5. The molecule has 0 unspecified atom stereocenters. The number of hydrogen-bond donors (Lipinski definition) is 1. The molecular formula is C15H17NO4S2. The molecule has 118 valence electrons. The first-order valence-electron chi connectivity index (χ1n) is 6.39. The summed E-state index contributed by atoms with van der Waals surface area (Å²) in [4.78, 5) is 1.21. The standard InChI is InChI=1S/C15H17NO4S2/c1-19-14-9-4-11(10-15(14)20-2)16-22(17,18)13-7-5-12(21-3)6-8-13/h4-10,16H,1-3H3. The zero-order chi connectivity index (χ0) is 16.2. The summed E-state index contributed by atoms with van der Waals surface area (Å²) in [5, 5.41) is 0. The van der Waals surface area contributed by atoms with Crippen LogP contribution in [0.3, 0.4) is 0 Å². The van der Waals surface area contributed by atoms with E-state index in [1.54, 1.807) is 54.2 Å². The molecule has 1 N–H and O–H groups in total. The molecule has 0 bridgehead atoms. The summed E-state index contributed by atoms with van der Waals surface area (Å²) < 4.78 is 37.6. The van der Waals surface area contributed by atoms with Crippen molar-refractivity contribution < 1.29 is 17.9 Å². The van der Waals surface area contributed by atoms with Crippen molar-refractivity contribution in [2.45, 2.75) is 9.79 Å². The van der Waals surface area contributed by atoms with E-state index in [4.69, 9.17) is 9.47 Å². The molecule has 0 amide bonds. The van der Waals surface area contributed by atoms with Gasteiger partial charge in [0.05, 0.1) is 24.8 Å². The molecule has 0 radical (unpaired) electrons. The van der Waals surface area contributed by atoms with Gasteiger partial charge in [0, 0.05) is 11.0 Å². The number of thioether (sulfide) groups is 1. The maximum atomic E-state index is 12.4. The van der Waals surface area contributed by atoms with Gasteiger partial charge in [-0.1, -0.05) is 0 Å². The number of hydrogen-bond acceptors (Lipinski definition) is 5. The smallest absolute Gasteiger partial charge is 0.261 e. The number of rotatable bonds is 6. The maximum Gasteiger partial charge on any atom is 0.261 e. The van der Waals surface area contributed by atoms with Gasteiger partial charge in [-0.15, -0.1) is 11.8 Å². The van der Waals surface area contributed by atoms with Gasteiger partial charge >= 0.3 is 0 Å². The molecule has 0 saturated carbocycles. The maximum absolute atomic E-state index is 12.4. The van der Waals surface area contributed by atoms with E-state index in [0.29, 0.717) is 17.2 Å². The molecule has 2 aromatic carbocycles. The molecule has 22 heavy (non-hydrogen) atoms. The Hall–Kier alpha value is -1.86. The Bertz CT molecular complexity index is 743. The van der Waals surface area contributed by atoms with Gasteiger partial charge in [-0.05, 0) is 42.7 Å². The van der Waals surface area contributed by atoms with Crippen molar-refractivity contribution in [3.05, 3.63) is 42.5 Å². The zero-order valence-corrected chi connectivity index (χ0v) is 14.1. The molecule has 7 heteroatoms. The highest BCUT2D eigenvalue weighted by molar-refractivity contribution is 7.98. The minimum Gasteiger partial charge on any atom is -0.493 e. The topological polar surface area (TPSA) is 64.6 Å². The molecule has 2 rings (SSSR count). The average molecular weight is 339 g/mol. The van der Waals surface area contributed by atoms with E-state index in [1.165, 1.54) is 14.2 Å². The van der Waals surface area contributed by atoms with Gasteiger partial charge in [-0.25, -0.2) is 8.42 Å². The fourth-order valence-corrected chi connectivity index (χ4v) is 3.33. The minimum atomic E-state index is -3.64. The van der Waals surface area contributed by atoms with E-state index < -0.39 is 10.0 Å². The van der Waals surface area contributed by atoms with Gasteiger partial charge < -0.3 is 9.47 Å². The van der Waals surface area contributed by atoms with E-state index in [-0.39, 0.29) is 4.90 Å². The van der Waals surface area contributed by atoms with E-state index in [2.05, 4.69) is 4.72 Å². The minimum absolute atomic E-state index is 0.208. The molecular weight excluding hydrogens is 322 g/mol. The van der Waals surface area contributed by atoms with Crippen molar-refractivity contribution in [2.24, 2.45) is 0 Å². The van der Waals surface area contributed by atoms with Gasteiger partial charge in [0.15, 0.2) is 11.5 Å². The quantitative estimate of drug-likeness (QED) is 0.819. The molecule has 0 aliphatic carbocycles. The monoisotopic (exact) mass is 339 g/mol. The van der Waals surface area contributed by atoms with Gasteiger partial charge in [0.2, 0.25) is 0 Å². The molecule has 0 aromatic heterocycles. The molecule has 0 aliphatic rings. The van der Waals surface area contributed by atoms with Crippen molar-refractivity contribution in [3.63, 3.8) is 0 Å². The third-order valence-corrected chi connectivity index (χ3v) is 5.15. The Morgan fingerprint density at radius 1 is 0.955 bits per heavy atom. The average Bonchev–Trinajstić information content (AvgIpc) is 2.54. The summed E-state index contributed by atoms with van der Waals surface area (Å²) in [6, 6.07) is 11.5. The van der Waals surface area contributed by atoms with Crippen LogP contribution >= 0.6 is 11.8 Å². The fourth-order valence-electron chi connectivity index (χ4n) is 1.87. The number of methoxy groups -OCH3 is 2. The zero-order valence-electron chi connectivity index (χ0n) is 12.5. The lowest BCUT2D eigenvalue weighted by Gasteiger charge is -2.12. The summed E-state index contributed by atoms with van der Waals surface area (Å²) in [7, 11) is -0.618. The van der Waals surface area contributed by atoms with Crippen LogP contribution < -0.4 is 14.2 Å². The Morgan fingerprint density at radius 2 is 1.59 bits per heavy atom. The largest absolute Gasteiger partial charge is 0.493 e.